The second-order valence-corrected chi connectivity index (χ2v) is 5.76. The monoisotopic (exact) mass is 393 g/mol. The van der Waals surface area contributed by atoms with E-state index in [1.165, 1.54) is 12.1 Å². The number of hydrogen-bond acceptors (Lipinski definition) is 1. The van der Waals surface area contributed by atoms with Crippen molar-refractivity contribution in [3.05, 3.63) is 76.0 Å². The summed E-state index contributed by atoms with van der Waals surface area (Å²) in [5.74, 6) is -0.720. The van der Waals surface area contributed by atoms with E-state index in [2.05, 4.69) is 27.6 Å². The van der Waals surface area contributed by atoms with E-state index >= 15 is 0 Å². The molecule has 0 fully saturated rings. The van der Waals surface area contributed by atoms with E-state index in [0.717, 1.165) is 3.57 Å². The third kappa shape index (κ3) is 2.81. The van der Waals surface area contributed by atoms with Crippen LogP contribution in [0.5, 0.6) is 0 Å². The molecule has 21 heavy (non-hydrogen) atoms. The number of hydrogen-bond donors (Lipinski definition) is 0. The summed E-state index contributed by atoms with van der Waals surface area (Å²) in [5, 5.41) is 0. The first-order chi connectivity index (χ1) is 10.2. The topological polar surface area (TPSA) is 12.9 Å². The van der Waals surface area contributed by atoms with Crippen molar-refractivity contribution in [2.75, 3.05) is 0 Å². The molecule has 0 saturated heterocycles. The van der Waals surface area contributed by atoms with Gasteiger partial charge in [-0.3, -0.25) is 4.98 Å². The Kier molecular flexibility index (Phi) is 3.96. The highest BCUT2D eigenvalue weighted by Crippen LogP contribution is 2.34. The Morgan fingerprint density at radius 3 is 1.95 bits per heavy atom. The zero-order valence-electron chi connectivity index (χ0n) is 10.9. The lowest BCUT2D eigenvalue weighted by Crippen LogP contribution is -1.95. The van der Waals surface area contributed by atoms with Crippen LogP contribution in [0.3, 0.4) is 0 Å². The van der Waals surface area contributed by atoms with Crippen molar-refractivity contribution in [1.82, 2.24) is 4.98 Å². The summed E-state index contributed by atoms with van der Waals surface area (Å²) in [4.78, 5) is 4.31. The molecule has 104 valence electrons. The van der Waals surface area contributed by atoms with Crippen LogP contribution in [0.25, 0.3) is 22.4 Å². The minimum atomic E-state index is -0.371. The third-order valence-electron chi connectivity index (χ3n) is 3.15. The lowest BCUT2D eigenvalue weighted by atomic mass is 9.99. The van der Waals surface area contributed by atoms with E-state index in [9.17, 15) is 8.78 Å². The highest BCUT2D eigenvalue weighted by Gasteiger charge is 2.15. The van der Waals surface area contributed by atoms with Gasteiger partial charge in [-0.1, -0.05) is 30.3 Å². The van der Waals surface area contributed by atoms with E-state index in [-0.39, 0.29) is 11.6 Å². The van der Waals surface area contributed by atoms with Gasteiger partial charge in [-0.15, -0.1) is 0 Å². The van der Waals surface area contributed by atoms with Gasteiger partial charge >= 0.3 is 0 Å². The van der Waals surface area contributed by atoms with Crippen LogP contribution in [0.1, 0.15) is 0 Å². The normalized spacial score (nSPS) is 10.6. The van der Waals surface area contributed by atoms with Gasteiger partial charge in [0.2, 0.25) is 0 Å². The lowest BCUT2D eigenvalue weighted by molar-refractivity contribution is 0.628. The Hall–Kier alpha value is -1.82. The van der Waals surface area contributed by atoms with Gasteiger partial charge in [0.1, 0.15) is 11.6 Å². The van der Waals surface area contributed by atoms with Crippen molar-refractivity contribution in [2.24, 2.45) is 0 Å². The molecule has 1 aromatic heterocycles. The SMILES string of the molecule is Fc1ccccc1-c1cc(I)cnc1-c1ccccc1F. The Labute approximate surface area is 134 Å². The van der Waals surface area contributed by atoms with Gasteiger partial charge in [-0.25, -0.2) is 8.78 Å². The van der Waals surface area contributed by atoms with Gasteiger partial charge in [0, 0.05) is 26.5 Å². The maximum atomic E-state index is 14.1. The standard InChI is InChI=1S/C17H10F2IN/c18-15-7-3-1-5-12(15)14-9-11(20)10-21-17(14)13-6-2-4-8-16(13)19/h1-10H. The molecule has 1 nitrogen and oxygen atoms in total. The molecule has 0 bridgehead atoms. The predicted molar refractivity (Wildman–Crippen MR) is 87.7 cm³/mol. The first kappa shape index (κ1) is 14.1. The molecule has 0 spiro atoms. The maximum Gasteiger partial charge on any atom is 0.132 e. The molecule has 0 saturated carbocycles. The molecule has 1 heterocycles. The van der Waals surface area contributed by atoms with E-state index in [4.69, 9.17) is 0 Å². The number of nitrogens with zero attached hydrogens (tertiary/aromatic N) is 1. The molecular weight excluding hydrogens is 383 g/mol. The minimum Gasteiger partial charge on any atom is -0.254 e. The Balaban J connectivity index is 2.29. The molecule has 0 atom stereocenters. The molecule has 0 aliphatic rings. The number of benzene rings is 2. The van der Waals surface area contributed by atoms with Crippen molar-refractivity contribution in [1.29, 1.82) is 0 Å². The second kappa shape index (κ2) is 5.89. The zero-order valence-corrected chi connectivity index (χ0v) is 13.0. The third-order valence-corrected chi connectivity index (χ3v) is 3.74. The van der Waals surface area contributed by atoms with Crippen molar-refractivity contribution < 1.29 is 8.78 Å². The smallest absolute Gasteiger partial charge is 0.132 e. The molecule has 0 aliphatic carbocycles. The van der Waals surface area contributed by atoms with Crippen LogP contribution < -0.4 is 0 Å². The van der Waals surface area contributed by atoms with Gasteiger partial charge in [-0.05, 0) is 46.9 Å². The Bertz CT molecular complexity index is 802. The van der Waals surface area contributed by atoms with E-state index in [0.29, 0.717) is 22.4 Å². The van der Waals surface area contributed by atoms with Crippen LogP contribution >= 0.6 is 22.6 Å². The van der Waals surface area contributed by atoms with Crippen LogP contribution in [0.15, 0.2) is 60.8 Å². The summed E-state index contributed by atoms with van der Waals surface area (Å²) in [5.41, 5.74) is 1.82. The Morgan fingerprint density at radius 2 is 1.33 bits per heavy atom. The van der Waals surface area contributed by atoms with Crippen molar-refractivity contribution in [2.45, 2.75) is 0 Å². The van der Waals surface area contributed by atoms with Gasteiger partial charge < -0.3 is 0 Å². The van der Waals surface area contributed by atoms with Gasteiger partial charge in [0.05, 0.1) is 5.69 Å². The van der Waals surface area contributed by atoms with Crippen LogP contribution in [-0.2, 0) is 0 Å². The van der Waals surface area contributed by atoms with Gasteiger partial charge in [0.15, 0.2) is 0 Å². The molecule has 3 rings (SSSR count). The fourth-order valence-electron chi connectivity index (χ4n) is 2.19. The number of halogens is 3. The number of rotatable bonds is 2. The molecule has 2 aromatic carbocycles. The highest BCUT2D eigenvalue weighted by atomic mass is 127. The maximum absolute atomic E-state index is 14.1. The number of aromatic nitrogens is 1. The average molecular weight is 393 g/mol. The second-order valence-electron chi connectivity index (χ2n) is 4.51. The molecule has 4 heteroatoms. The largest absolute Gasteiger partial charge is 0.254 e. The summed E-state index contributed by atoms with van der Waals surface area (Å²) in [6.07, 6.45) is 1.65. The molecule has 3 aromatic rings. The molecule has 0 aliphatic heterocycles. The average Bonchev–Trinajstić information content (AvgIpc) is 2.49. The van der Waals surface area contributed by atoms with Gasteiger partial charge in [0.25, 0.3) is 0 Å². The highest BCUT2D eigenvalue weighted by molar-refractivity contribution is 14.1. The van der Waals surface area contributed by atoms with Crippen LogP contribution in [0.4, 0.5) is 8.78 Å². The molecule has 0 amide bonds. The zero-order chi connectivity index (χ0) is 14.8. The molecule has 0 unspecified atom stereocenters. The lowest BCUT2D eigenvalue weighted by Gasteiger charge is -2.11. The van der Waals surface area contributed by atoms with Crippen LogP contribution in [0, 0.1) is 15.2 Å². The minimum absolute atomic E-state index is 0.348. The van der Waals surface area contributed by atoms with E-state index in [1.54, 1.807) is 42.6 Å². The fraction of sp³-hybridized carbons (Fsp3) is 0. The molecule has 0 N–H and O–H groups in total. The summed E-state index contributed by atoms with van der Waals surface area (Å²) < 4.78 is 29.0. The van der Waals surface area contributed by atoms with Crippen LogP contribution in [0.2, 0.25) is 0 Å². The van der Waals surface area contributed by atoms with Crippen LogP contribution in [-0.4, -0.2) is 4.98 Å². The Morgan fingerprint density at radius 1 is 0.762 bits per heavy atom. The number of pyridine rings is 1. The van der Waals surface area contributed by atoms with E-state index in [1.807, 2.05) is 6.07 Å². The summed E-state index contributed by atoms with van der Waals surface area (Å²) in [6.45, 7) is 0. The first-order valence-electron chi connectivity index (χ1n) is 6.32. The molecule has 0 radical (unpaired) electrons. The summed E-state index contributed by atoms with van der Waals surface area (Å²) >= 11 is 2.11. The van der Waals surface area contributed by atoms with E-state index < -0.39 is 0 Å². The van der Waals surface area contributed by atoms with Gasteiger partial charge in [-0.2, -0.15) is 0 Å². The fourth-order valence-corrected chi connectivity index (χ4v) is 2.64. The van der Waals surface area contributed by atoms with Crippen molar-refractivity contribution >= 4 is 22.6 Å². The van der Waals surface area contributed by atoms with Crippen molar-refractivity contribution in [3.8, 4) is 22.4 Å². The summed E-state index contributed by atoms with van der Waals surface area (Å²) in [6, 6.07) is 14.6. The van der Waals surface area contributed by atoms with Crippen molar-refractivity contribution in [3.63, 3.8) is 0 Å². The predicted octanol–water partition coefficient (Wildman–Crippen LogP) is 5.30. The molecular formula is C17H10F2IN. The summed E-state index contributed by atoms with van der Waals surface area (Å²) in [7, 11) is 0. The quantitative estimate of drug-likeness (QED) is 0.539. The first-order valence-corrected chi connectivity index (χ1v) is 7.40.